The van der Waals surface area contributed by atoms with Crippen LogP contribution in [0, 0.1) is 5.82 Å². The highest BCUT2D eigenvalue weighted by Gasteiger charge is 2.17. The van der Waals surface area contributed by atoms with Gasteiger partial charge in [0.15, 0.2) is 5.78 Å². The van der Waals surface area contributed by atoms with Gasteiger partial charge in [0, 0.05) is 5.56 Å². The third kappa shape index (κ3) is 3.17. The number of ketones is 1. The molecule has 0 atom stereocenters. The minimum atomic E-state index is -0.620. The van der Waals surface area contributed by atoms with Crippen LogP contribution in [0.15, 0.2) is 42.5 Å². The predicted molar refractivity (Wildman–Crippen MR) is 77.0 cm³/mol. The Labute approximate surface area is 122 Å². The van der Waals surface area contributed by atoms with E-state index in [1.807, 2.05) is 13.8 Å². The van der Waals surface area contributed by atoms with Gasteiger partial charge in [0.25, 0.3) is 0 Å². The maximum absolute atomic E-state index is 13.7. The molecule has 0 heterocycles. The fourth-order valence-corrected chi connectivity index (χ4v) is 2.06. The maximum atomic E-state index is 13.7. The van der Waals surface area contributed by atoms with E-state index < -0.39 is 11.6 Å². The number of rotatable bonds is 4. The number of carbonyl (C=O) groups is 1. The molecule has 104 valence electrons. The van der Waals surface area contributed by atoms with E-state index in [4.69, 9.17) is 16.3 Å². The first-order valence-corrected chi connectivity index (χ1v) is 6.62. The summed E-state index contributed by atoms with van der Waals surface area (Å²) in [6.45, 7) is 3.83. The van der Waals surface area contributed by atoms with Gasteiger partial charge in [-0.1, -0.05) is 17.7 Å². The molecular formula is C16H14ClFO2. The van der Waals surface area contributed by atoms with Gasteiger partial charge in [0.05, 0.1) is 16.7 Å². The van der Waals surface area contributed by atoms with E-state index >= 15 is 0 Å². The Morgan fingerprint density at radius 1 is 1.15 bits per heavy atom. The highest BCUT2D eigenvalue weighted by molar-refractivity contribution is 6.35. The standard InChI is InChI=1S/C16H14ClFO2/c1-10(2)20-12-8-6-11(7-9-12)16(19)15-13(17)4-3-5-14(15)18/h3-10H,1-2H3. The van der Waals surface area contributed by atoms with Crippen LogP contribution in [0.4, 0.5) is 4.39 Å². The molecule has 2 nitrogen and oxygen atoms in total. The lowest BCUT2D eigenvalue weighted by Crippen LogP contribution is -2.07. The van der Waals surface area contributed by atoms with Crippen molar-refractivity contribution in [3.63, 3.8) is 0 Å². The second-order valence-electron chi connectivity index (χ2n) is 4.62. The molecule has 0 aliphatic rings. The molecule has 0 aliphatic carbocycles. The van der Waals surface area contributed by atoms with E-state index in [1.165, 1.54) is 18.2 Å². The van der Waals surface area contributed by atoms with Crippen molar-refractivity contribution in [3.8, 4) is 5.75 Å². The first-order valence-electron chi connectivity index (χ1n) is 6.24. The number of ether oxygens (including phenoxy) is 1. The highest BCUT2D eigenvalue weighted by atomic mass is 35.5. The lowest BCUT2D eigenvalue weighted by Gasteiger charge is -2.10. The second-order valence-corrected chi connectivity index (χ2v) is 5.02. The lowest BCUT2D eigenvalue weighted by molar-refractivity contribution is 0.103. The number of benzene rings is 2. The van der Waals surface area contributed by atoms with Crippen LogP contribution >= 0.6 is 11.6 Å². The Balaban J connectivity index is 2.30. The predicted octanol–water partition coefficient (Wildman–Crippen LogP) is 4.50. The number of hydrogen-bond acceptors (Lipinski definition) is 2. The van der Waals surface area contributed by atoms with Crippen molar-refractivity contribution >= 4 is 17.4 Å². The molecule has 2 rings (SSSR count). The summed E-state index contributed by atoms with van der Waals surface area (Å²) in [6.07, 6.45) is 0.0533. The Morgan fingerprint density at radius 2 is 1.80 bits per heavy atom. The minimum absolute atomic E-state index is 0.0533. The van der Waals surface area contributed by atoms with E-state index in [1.54, 1.807) is 24.3 Å². The van der Waals surface area contributed by atoms with Crippen molar-refractivity contribution in [2.75, 3.05) is 0 Å². The zero-order valence-electron chi connectivity index (χ0n) is 11.2. The van der Waals surface area contributed by atoms with Gasteiger partial charge >= 0.3 is 0 Å². The summed E-state index contributed by atoms with van der Waals surface area (Å²) < 4.78 is 19.2. The Kier molecular flexibility index (Phi) is 4.40. The van der Waals surface area contributed by atoms with Crippen molar-refractivity contribution in [3.05, 3.63) is 64.4 Å². The first kappa shape index (κ1) is 14.5. The average Bonchev–Trinajstić information content (AvgIpc) is 2.38. The zero-order chi connectivity index (χ0) is 14.7. The van der Waals surface area contributed by atoms with Crippen molar-refractivity contribution in [2.24, 2.45) is 0 Å². The molecule has 0 amide bonds. The van der Waals surface area contributed by atoms with Crippen LogP contribution in [0.2, 0.25) is 5.02 Å². The van der Waals surface area contributed by atoms with Gasteiger partial charge in [-0.15, -0.1) is 0 Å². The summed E-state index contributed by atoms with van der Waals surface area (Å²) >= 11 is 5.89. The molecule has 0 aromatic heterocycles. The Morgan fingerprint density at radius 3 is 2.35 bits per heavy atom. The summed E-state index contributed by atoms with van der Waals surface area (Å²) in [6, 6.07) is 10.7. The van der Waals surface area contributed by atoms with Gasteiger partial charge in [0.1, 0.15) is 11.6 Å². The van der Waals surface area contributed by atoms with Crippen LogP contribution in [0.25, 0.3) is 0 Å². The summed E-state index contributed by atoms with van der Waals surface area (Å²) in [7, 11) is 0. The molecule has 0 saturated carbocycles. The molecule has 0 N–H and O–H groups in total. The molecule has 0 aliphatic heterocycles. The Bertz CT molecular complexity index is 601. The van der Waals surface area contributed by atoms with Gasteiger partial charge < -0.3 is 4.74 Å². The SMILES string of the molecule is CC(C)Oc1ccc(C(=O)c2c(F)cccc2Cl)cc1. The van der Waals surface area contributed by atoms with Crippen LogP contribution in [0.3, 0.4) is 0 Å². The third-order valence-corrected chi connectivity index (χ3v) is 2.99. The van der Waals surface area contributed by atoms with Gasteiger partial charge in [-0.05, 0) is 50.2 Å². The fraction of sp³-hybridized carbons (Fsp3) is 0.188. The van der Waals surface area contributed by atoms with E-state index in [0.29, 0.717) is 11.3 Å². The second kappa shape index (κ2) is 6.06. The highest BCUT2D eigenvalue weighted by Crippen LogP contribution is 2.23. The molecule has 0 unspecified atom stereocenters. The molecule has 0 fully saturated rings. The normalized spacial score (nSPS) is 10.7. The maximum Gasteiger partial charge on any atom is 0.197 e. The van der Waals surface area contributed by atoms with E-state index in [9.17, 15) is 9.18 Å². The molecule has 20 heavy (non-hydrogen) atoms. The van der Waals surface area contributed by atoms with Crippen LogP contribution in [-0.2, 0) is 0 Å². The minimum Gasteiger partial charge on any atom is -0.491 e. The Hall–Kier alpha value is -1.87. The molecule has 0 radical (unpaired) electrons. The summed E-state index contributed by atoms with van der Waals surface area (Å²) in [5.41, 5.74) is 0.264. The summed E-state index contributed by atoms with van der Waals surface area (Å²) in [5, 5.41) is 0.109. The molecule has 0 saturated heterocycles. The smallest absolute Gasteiger partial charge is 0.197 e. The largest absolute Gasteiger partial charge is 0.491 e. The number of carbonyl (C=O) groups excluding carboxylic acids is 1. The topological polar surface area (TPSA) is 26.3 Å². The van der Waals surface area contributed by atoms with E-state index in [0.717, 1.165) is 0 Å². The monoisotopic (exact) mass is 292 g/mol. The molecule has 2 aromatic carbocycles. The van der Waals surface area contributed by atoms with Crippen molar-refractivity contribution in [1.82, 2.24) is 0 Å². The number of halogens is 2. The number of hydrogen-bond donors (Lipinski definition) is 0. The van der Waals surface area contributed by atoms with Crippen LogP contribution < -0.4 is 4.74 Å². The lowest BCUT2D eigenvalue weighted by atomic mass is 10.0. The van der Waals surface area contributed by atoms with Crippen LogP contribution in [0.1, 0.15) is 29.8 Å². The van der Waals surface area contributed by atoms with Gasteiger partial charge in [-0.25, -0.2) is 4.39 Å². The van der Waals surface area contributed by atoms with Crippen molar-refractivity contribution < 1.29 is 13.9 Å². The summed E-state index contributed by atoms with van der Waals surface area (Å²) in [4.78, 5) is 12.3. The molecular weight excluding hydrogens is 279 g/mol. The van der Waals surface area contributed by atoms with Crippen LogP contribution in [-0.4, -0.2) is 11.9 Å². The third-order valence-electron chi connectivity index (χ3n) is 2.68. The van der Waals surface area contributed by atoms with Gasteiger partial charge in [0.2, 0.25) is 0 Å². The zero-order valence-corrected chi connectivity index (χ0v) is 11.9. The first-order chi connectivity index (χ1) is 9.49. The molecule has 0 bridgehead atoms. The van der Waals surface area contributed by atoms with E-state index in [-0.39, 0.29) is 16.7 Å². The van der Waals surface area contributed by atoms with Crippen LogP contribution in [0.5, 0.6) is 5.75 Å². The summed E-state index contributed by atoms with van der Waals surface area (Å²) in [5.74, 6) is -0.398. The van der Waals surface area contributed by atoms with Gasteiger partial charge in [-0.2, -0.15) is 0 Å². The molecule has 4 heteroatoms. The van der Waals surface area contributed by atoms with Crippen molar-refractivity contribution in [1.29, 1.82) is 0 Å². The molecule has 2 aromatic rings. The van der Waals surface area contributed by atoms with Crippen molar-refractivity contribution in [2.45, 2.75) is 20.0 Å². The molecule has 0 spiro atoms. The van der Waals surface area contributed by atoms with Gasteiger partial charge in [-0.3, -0.25) is 4.79 Å². The fourth-order valence-electron chi connectivity index (χ4n) is 1.82. The average molecular weight is 293 g/mol. The quantitative estimate of drug-likeness (QED) is 0.776. The van der Waals surface area contributed by atoms with E-state index in [2.05, 4.69) is 0 Å².